The third-order valence-corrected chi connectivity index (χ3v) is 7.34. The molecule has 29 heavy (non-hydrogen) atoms. The highest BCUT2D eigenvalue weighted by Gasteiger charge is 2.16. The number of amides is 1. The van der Waals surface area contributed by atoms with Crippen LogP contribution in [0.4, 0.5) is 5.82 Å². The minimum atomic E-state index is -0.237. The van der Waals surface area contributed by atoms with E-state index < -0.39 is 0 Å². The predicted octanol–water partition coefficient (Wildman–Crippen LogP) is 4.21. The maximum Gasteiger partial charge on any atom is 0.263 e. The van der Waals surface area contributed by atoms with E-state index in [1.807, 2.05) is 54.0 Å². The molecule has 0 aliphatic carbocycles. The van der Waals surface area contributed by atoms with E-state index >= 15 is 0 Å². The number of thioether (sulfide) groups is 2. The molecule has 1 amide bonds. The molecule has 1 fully saturated rings. The highest BCUT2D eigenvalue weighted by Crippen LogP contribution is 2.43. The van der Waals surface area contributed by atoms with Crippen LogP contribution in [-0.2, 0) is 11.3 Å². The van der Waals surface area contributed by atoms with E-state index in [0.29, 0.717) is 22.7 Å². The molecule has 0 spiro atoms. The molecule has 3 aromatic rings. The largest absolute Gasteiger partial charge is 0.484 e. The summed E-state index contributed by atoms with van der Waals surface area (Å²) in [4.78, 5) is 16.3. The number of carbonyl (C=O) groups is 1. The lowest BCUT2D eigenvalue weighted by molar-refractivity contribution is -0.118. The van der Waals surface area contributed by atoms with Crippen LogP contribution in [0, 0.1) is 0 Å². The van der Waals surface area contributed by atoms with Crippen LogP contribution in [0.2, 0.25) is 0 Å². The van der Waals surface area contributed by atoms with Crippen molar-refractivity contribution < 1.29 is 9.53 Å². The molecule has 0 radical (unpaired) electrons. The number of nitrogens with zero attached hydrogens (tertiary/aromatic N) is 3. The Morgan fingerprint density at radius 1 is 1.17 bits per heavy atom. The number of nitrogens with one attached hydrogen (secondary N) is 1. The number of hydrogen-bond acceptors (Lipinski definition) is 6. The van der Waals surface area contributed by atoms with E-state index in [0.717, 1.165) is 5.56 Å². The zero-order valence-corrected chi connectivity index (χ0v) is 17.5. The second-order valence-electron chi connectivity index (χ2n) is 6.59. The summed E-state index contributed by atoms with van der Waals surface area (Å²) in [5.41, 5.74) is 2.35. The van der Waals surface area contributed by atoms with Crippen molar-refractivity contribution in [2.45, 2.75) is 17.5 Å². The molecule has 6 nitrogen and oxygen atoms in total. The fourth-order valence-corrected chi connectivity index (χ4v) is 5.82. The Labute approximate surface area is 178 Å². The molecule has 8 heteroatoms. The molecule has 1 saturated heterocycles. The van der Waals surface area contributed by atoms with Gasteiger partial charge in [-0.1, -0.05) is 18.2 Å². The molecule has 2 aromatic heterocycles. The number of benzene rings is 1. The van der Waals surface area contributed by atoms with Crippen molar-refractivity contribution in [3.05, 3.63) is 72.2 Å². The van der Waals surface area contributed by atoms with E-state index in [1.54, 1.807) is 23.1 Å². The Kier molecular flexibility index (Phi) is 6.74. The average molecular weight is 427 g/mol. The van der Waals surface area contributed by atoms with Gasteiger partial charge in [-0.3, -0.25) is 14.5 Å². The van der Waals surface area contributed by atoms with Gasteiger partial charge in [-0.2, -0.15) is 5.10 Å². The fraction of sp³-hybridized carbons (Fsp3) is 0.286. The summed E-state index contributed by atoms with van der Waals surface area (Å²) in [7, 11) is 0. The third-order valence-electron chi connectivity index (χ3n) is 4.32. The molecule has 0 saturated carbocycles. The summed E-state index contributed by atoms with van der Waals surface area (Å²) in [5.74, 6) is 3.39. The molecule has 3 heterocycles. The molecule has 0 atom stereocenters. The van der Waals surface area contributed by atoms with Crippen molar-refractivity contribution in [3.8, 4) is 5.75 Å². The summed E-state index contributed by atoms with van der Waals surface area (Å²) in [5, 5.41) is 7.12. The molecule has 1 aliphatic heterocycles. The molecule has 0 bridgehead atoms. The summed E-state index contributed by atoms with van der Waals surface area (Å²) >= 11 is 3.98. The van der Waals surface area contributed by atoms with Gasteiger partial charge in [-0.05, 0) is 47.3 Å². The van der Waals surface area contributed by atoms with Gasteiger partial charge in [0.1, 0.15) is 5.75 Å². The van der Waals surface area contributed by atoms with Gasteiger partial charge in [0.25, 0.3) is 5.91 Å². The summed E-state index contributed by atoms with van der Waals surface area (Å²) < 4.78 is 7.88. The normalized spacial score (nSPS) is 14.5. The smallest absolute Gasteiger partial charge is 0.263 e. The molecule has 1 N–H and O–H groups in total. The van der Waals surface area contributed by atoms with Crippen LogP contribution in [0.1, 0.15) is 22.1 Å². The van der Waals surface area contributed by atoms with Gasteiger partial charge in [-0.25, -0.2) is 0 Å². The Balaban J connectivity index is 1.25. The number of pyridine rings is 1. The summed E-state index contributed by atoms with van der Waals surface area (Å²) in [6, 6.07) is 13.7. The maximum absolute atomic E-state index is 12.2. The first-order chi connectivity index (χ1) is 14.3. The van der Waals surface area contributed by atoms with Crippen molar-refractivity contribution in [1.29, 1.82) is 0 Å². The van der Waals surface area contributed by atoms with Gasteiger partial charge in [0.05, 0.1) is 11.1 Å². The van der Waals surface area contributed by atoms with E-state index in [9.17, 15) is 4.79 Å². The second-order valence-corrected chi connectivity index (χ2v) is 9.32. The Bertz CT molecular complexity index is 925. The Morgan fingerprint density at radius 3 is 2.76 bits per heavy atom. The van der Waals surface area contributed by atoms with Crippen LogP contribution in [0.3, 0.4) is 0 Å². The summed E-state index contributed by atoms with van der Waals surface area (Å²) in [6.45, 7) is 0.547. The predicted molar refractivity (Wildman–Crippen MR) is 118 cm³/mol. The van der Waals surface area contributed by atoms with Crippen molar-refractivity contribution in [2.75, 3.05) is 23.4 Å². The number of hydrogen-bond donors (Lipinski definition) is 1. The van der Waals surface area contributed by atoms with Crippen molar-refractivity contribution in [1.82, 2.24) is 14.8 Å². The van der Waals surface area contributed by atoms with E-state index in [4.69, 9.17) is 4.74 Å². The lowest BCUT2D eigenvalue weighted by Gasteiger charge is -2.21. The minimum absolute atomic E-state index is 0.0538. The van der Waals surface area contributed by atoms with Gasteiger partial charge >= 0.3 is 0 Å². The lowest BCUT2D eigenvalue weighted by atomic mass is 10.2. The van der Waals surface area contributed by atoms with Crippen molar-refractivity contribution in [2.24, 2.45) is 0 Å². The van der Waals surface area contributed by atoms with Crippen molar-refractivity contribution >= 4 is 35.2 Å². The number of anilines is 1. The zero-order valence-electron chi connectivity index (χ0n) is 15.9. The monoisotopic (exact) mass is 426 g/mol. The van der Waals surface area contributed by atoms with Gasteiger partial charge in [0.15, 0.2) is 12.4 Å². The molecule has 4 rings (SSSR count). The average Bonchev–Trinajstić information content (AvgIpc) is 3.20. The molecule has 1 aromatic carbocycles. The number of aromatic nitrogens is 3. The van der Waals surface area contributed by atoms with Gasteiger partial charge in [0.2, 0.25) is 0 Å². The van der Waals surface area contributed by atoms with Crippen LogP contribution in [0.25, 0.3) is 0 Å². The van der Waals surface area contributed by atoms with Gasteiger partial charge in [0, 0.05) is 24.7 Å². The van der Waals surface area contributed by atoms with E-state index in [1.165, 1.54) is 23.5 Å². The molecule has 1 aliphatic rings. The quantitative estimate of drug-likeness (QED) is 0.610. The van der Waals surface area contributed by atoms with Crippen molar-refractivity contribution in [3.63, 3.8) is 0 Å². The fourth-order valence-electron chi connectivity index (χ4n) is 2.92. The SMILES string of the molecule is O=C(COc1ccc(C2SCCCS2)cc1)Nc1ccn(Cc2cccnc2)n1. The highest BCUT2D eigenvalue weighted by atomic mass is 32.2. The Hall–Kier alpha value is -2.45. The molecule has 150 valence electrons. The van der Waals surface area contributed by atoms with Gasteiger partial charge in [-0.15, -0.1) is 23.5 Å². The first-order valence-electron chi connectivity index (χ1n) is 9.44. The van der Waals surface area contributed by atoms with Crippen LogP contribution < -0.4 is 10.1 Å². The summed E-state index contributed by atoms with van der Waals surface area (Å²) in [6.07, 6.45) is 6.64. The van der Waals surface area contributed by atoms with Gasteiger partial charge < -0.3 is 10.1 Å². The van der Waals surface area contributed by atoms with E-state index in [2.05, 4.69) is 27.5 Å². The number of rotatable bonds is 7. The second kappa shape index (κ2) is 9.84. The standard InChI is InChI=1S/C21H22N4O2S2/c26-20(23-19-8-10-25(24-19)14-16-3-1-9-22-13-16)15-27-18-6-4-17(5-7-18)21-28-11-2-12-29-21/h1,3-10,13,21H,2,11-12,14-15H2,(H,23,24,26). The lowest BCUT2D eigenvalue weighted by Crippen LogP contribution is -2.20. The topological polar surface area (TPSA) is 69.0 Å². The molecular weight excluding hydrogens is 404 g/mol. The zero-order chi connectivity index (χ0) is 19.9. The maximum atomic E-state index is 12.2. The first kappa shape index (κ1) is 19.8. The number of carbonyl (C=O) groups excluding carboxylic acids is 1. The Morgan fingerprint density at radius 2 is 2.00 bits per heavy atom. The first-order valence-corrected chi connectivity index (χ1v) is 11.5. The van der Waals surface area contributed by atoms with Crippen LogP contribution in [0.5, 0.6) is 5.75 Å². The van der Waals surface area contributed by atoms with E-state index in [-0.39, 0.29) is 12.5 Å². The van der Waals surface area contributed by atoms with Crippen LogP contribution >= 0.6 is 23.5 Å². The van der Waals surface area contributed by atoms with Crippen LogP contribution in [0.15, 0.2) is 61.1 Å². The third kappa shape index (κ3) is 5.77. The highest BCUT2D eigenvalue weighted by molar-refractivity contribution is 8.16. The van der Waals surface area contributed by atoms with Crippen LogP contribution in [-0.4, -0.2) is 38.8 Å². The minimum Gasteiger partial charge on any atom is -0.484 e. The molecule has 0 unspecified atom stereocenters. The molecular formula is C21H22N4O2S2. The number of ether oxygens (including phenoxy) is 1.